The van der Waals surface area contributed by atoms with Gasteiger partial charge in [0.15, 0.2) is 5.82 Å². The molecule has 1 amide bonds. The van der Waals surface area contributed by atoms with E-state index in [1.54, 1.807) is 0 Å². The van der Waals surface area contributed by atoms with Crippen molar-refractivity contribution in [3.63, 3.8) is 0 Å². The first-order valence-electron chi connectivity index (χ1n) is 11.8. The highest BCUT2D eigenvalue weighted by atomic mass is 19.4. The third kappa shape index (κ3) is 4.39. The third-order valence-electron chi connectivity index (χ3n) is 6.69. The van der Waals surface area contributed by atoms with E-state index in [0.717, 1.165) is 22.9 Å². The number of halogens is 3. The maximum absolute atomic E-state index is 13.1. The largest absolute Gasteiger partial charge is 0.416 e. The molecule has 5 nitrogen and oxygen atoms in total. The van der Waals surface area contributed by atoms with Gasteiger partial charge in [-0.3, -0.25) is 4.79 Å². The zero-order chi connectivity index (χ0) is 25.4. The number of rotatable bonds is 3. The first-order valence-corrected chi connectivity index (χ1v) is 11.8. The minimum absolute atomic E-state index is 0.00296. The van der Waals surface area contributed by atoms with Crippen LogP contribution in [0.3, 0.4) is 0 Å². The number of alkyl halides is 3. The molecule has 1 fully saturated rings. The van der Waals surface area contributed by atoms with Gasteiger partial charge in [0, 0.05) is 47.1 Å². The second-order valence-corrected chi connectivity index (χ2v) is 9.17. The smallest absolute Gasteiger partial charge is 0.348 e. The second kappa shape index (κ2) is 9.26. The molecule has 1 aliphatic rings. The average Bonchev–Trinajstić information content (AvgIpc) is 2.89. The number of amides is 1. The summed E-state index contributed by atoms with van der Waals surface area (Å²) >= 11 is 0. The van der Waals surface area contributed by atoms with E-state index in [2.05, 4.69) is 22.0 Å². The van der Waals surface area contributed by atoms with Crippen molar-refractivity contribution < 1.29 is 18.0 Å². The molecule has 2 atom stereocenters. The van der Waals surface area contributed by atoms with Crippen molar-refractivity contribution in [2.45, 2.75) is 32.1 Å². The standard InChI is InChI=1S/C28H25F3N4O/c1-18-17-35(27(36)21-8-4-3-5-9-21)19(2)16-34(18)26-24-11-7-6-10-23(24)25(32-33-26)20-12-14-22(15-13-20)28(29,30)31/h3-15,18-19H,16-17H2,1-2H3. The Balaban J connectivity index is 1.47. The molecule has 1 aliphatic heterocycles. The van der Waals surface area contributed by atoms with Crippen molar-refractivity contribution in [1.82, 2.24) is 15.1 Å². The molecule has 1 saturated heterocycles. The topological polar surface area (TPSA) is 49.3 Å². The van der Waals surface area contributed by atoms with Crippen molar-refractivity contribution in [3.8, 4) is 11.3 Å². The lowest BCUT2D eigenvalue weighted by molar-refractivity contribution is -0.137. The molecule has 0 N–H and O–H groups in total. The summed E-state index contributed by atoms with van der Waals surface area (Å²) in [5.41, 5.74) is 1.06. The molecule has 0 radical (unpaired) electrons. The van der Waals surface area contributed by atoms with Crippen LogP contribution in [0, 0.1) is 0 Å². The predicted octanol–water partition coefficient (Wildman–Crippen LogP) is 6.06. The number of carbonyl (C=O) groups is 1. The highest BCUT2D eigenvalue weighted by Crippen LogP contribution is 2.35. The van der Waals surface area contributed by atoms with Crippen LogP contribution < -0.4 is 4.90 Å². The average molecular weight is 491 g/mol. The molecule has 2 unspecified atom stereocenters. The molecule has 2 heterocycles. The molecule has 0 saturated carbocycles. The number of hydrogen-bond donors (Lipinski definition) is 0. The van der Waals surface area contributed by atoms with Gasteiger partial charge in [0.1, 0.15) is 5.69 Å². The lowest BCUT2D eigenvalue weighted by atomic mass is 10.0. The first kappa shape index (κ1) is 23.8. The SMILES string of the molecule is CC1CN(c2nnc(-c3ccc(C(F)(F)F)cc3)c3ccccc23)C(C)CN1C(=O)c1ccccc1. The fourth-order valence-electron chi connectivity index (χ4n) is 4.78. The van der Waals surface area contributed by atoms with E-state index in [-0.39, 0.29) is 18.0 Å². The molecule has 0 bridgehead atoms. The van der Waals surface area contributed by atoms with Crippen molar-refractivity contribution in [1.29, 1.82) is 0 Å². The summed E-state index contributed by atoms with van der Waals surface area (Å²) in [5, 5.41) is 10.7. The zero-order valence-electron chi connectivity index (χ0n) is 19.9. The van der Waals surface area contributed by atoms with Crippen LogP contribution >= 0.6 is 0 Å². The normalized spacial score (nSPS) is 18.5. The predicted molar refractivity (Wildman–Crippen MR) is 134 cm³/mol. The molecule has 0 spiro atoms. The number of fused-ring (bicyclic) bond motifs is 1. The Labute approximate surface area is 207 Å². The van der Waals surface area contributed by atoms with Gasteiger partial charge in [-0.05, 0) is 38.1 Å². The van der Waals surface area contributed by atoms with Crippen molar-refractivity contribution in [2.75, 3.05) is 18.0 Å². The van der Waals surface area contributed by atoms with Gasteiger partial charge in [-0.1, -0.05) is 54.6 Å². The minimum Gasteiger partial charge on any atom is -0.348 e. The van der Waals surface area contributed by atoms with Crippen LogP contribution in [0.1, 0.15) is 29.8 Å². The third-order valence-corrected chi connectivity index (χ3v) is 6.69. The maximum atomic E-state index is 13.1. The van der Waals surface area contributed by atoms with Crippen LogP contribution in [0.5, 0.6) is 0 Å². The highest BCUT2D eigenvalue weighted by Gasteiger charge is 2.34. The lowest BCUT2D eigenvalue weighted by Crippen LogP contribution is -2.58. The number of aromatic nitrogens is 2. The molecule has 0 aliphatic carbocycles. The monoisotopic (exact) mass is 490 g/mol. The summed E-state index contributed by atoms with van der Waals surface area (Å²) in [6.07, 6.45) is -4.40. The summed E-state index contributed by atoms with van der Waals surface area (Å²) in [4.78, 5) is 17.2. The molecular formula is C28H25F3N4O. The van der Waals surface area contributed by atoms with Gasteiger partial charge in [-0.25, -0.2) is 0 Å². The molecule has 8 heteroatoms. The van der Waals surface area contributed by atoms with E-state index in [0.29, 0.717) is 35.7 Å². The fraction of sp³-hybridized carbons (Fsp3) is 0.250. The Hall–Kier alpha value is -3.94. The number of piperazine rings is 1. The van der Waals surface area contributed by atoms with Crippen molar-refractivity contribution in [2.24, 2.45) is 0 Å². The Morgan fingerprint density at radius 3 is 2.11 bits per heavy atom. The minimum atomic E-state index is -4.40. The molecule has 1 aromatic heterocycles. The van der Waals surface area contributed by atoms with Gasteiger partial charge in [-0.2, -0.15) is 13.2 Å². The number of anilines is 1. The number of carbonyl (C=O) groups excluding carboxylic acids is 1. The number of nitrogens with zero attached hydrogens (tertiary/aromatic N) is 4. The van der Waals surface area contributed by atoms with Gasteiger partial charge in [-0.15, -0.1) is 10.2 Å². The van der Waals surface area contributed by atoms with Gasteiger partial charge in [0.2, 0.25) is 0 Å². The molecular weight excluding hydrogens is 465 g/mol. The summed E-state index contributed by atoms with van der Waals surface area (Å²) in [6.45, 7) is 5.19. The van der Waals surface area contributed by atoms with Crippen LogP contribution in [-0.4, -0.2) is 46.2 Å². The van der Waals surface area contributed by atoms with E-state index >= 15 is 0 Å². The zero-order valence-corrected chi connectivity index (χ0v) is 19.9. The highest BCUT2D eigenvalue weighted by molar-refractivity contribution is 6.00. The van der Waals surface area contributed by atoms with Crippen LogP contribution in [0.2, 0.25) is 0 Å². The Kier molecular flexibility index (Phi) is 6.12. The molecule has 5 rings (SSSR count). The van der Waals surface area contributed by atoms with E-state index < -0.39 is 11.7 Å². The second-order valence-electron chi connectivity index (χ2n) is 9.17. The number of hydrogen-bond acceptors (Lipinski definition) is 4. The van der Waals surface area contributed by atoms with E-state index in [9.17, 15) is 18.0 Å². The number of benzene rings is 3. The van der Waals surface area contributed by atoms with Gasteiger partial charge < -0.3 is 9.80 Å². The molecule has 4 aromatic rings. The van der Waals surface area contributed by atoms with Crippen LogP contribution in [0.15, 0.2) is 78.9 Å². The van der Waals surface area contributed by atoms with Crippen LogP contribution in [0.25, 0.3) is 22.0 Å². The van der Waals surface area contributed by atoms with Gasteiger partial charge in [0.05, 0.1) is 5.56 Å². The quantitative estimate of drug-likeness (QED) is 0.351. The Morgan fingerprint density at radius 2 is 1.44 bits per heavy atom. The summed E-state index contributed by atoms with van der Waals surface area (Å²) in [6, 6.07) is 21.8. The van der Waals surface area contributed by atoms with Crippen LogP contribution in [0.4, 0.5) is 19.0 Å². The molecule has 36 heavy (non-hydrogen) atoms. The van der Waals surface area contributed by atoms with E-state index in [1.807, 2.05) is 66.4 Å². The van der Waals surface area contributed by atoms with Crippen molar-refractivity contribution >= 4 is 22.5 Å². The summed E-state index contributed by atoms with van der Waals surface area (Å²) in [5.74, 6) is 0.704. The lowest BCUT2D eigenvalue weighted by Gasteiger charge is -2.44. The fourth-order valence-corrected chi connectivity index (χ4v) is 4.78. The summed E-state index contributed by atoms with van der Waals surface area (Å²) in [7, 11) is 0. The Bertz CT molecular complexity index is 1390. The van der Waals surface area contributed by atoms with Gasteiger partial charge >= 0.3 is 6.18 Å². The molecule has 3 aromatic carbocycles. The maximum Gasteiger partial charge on any atom is 0.416 e. The van der Waals surface area contributed by atoms with E-state index in [4.69, 9.17) is 0 Å². The summed E-state index contributed by atoms with van der Waals surface area (Å²) < 4.78 is 39.1. The Morgan fingerprint density at radius 1 is 0.806 bits per heavy atom. The van der Waals surface area contributed by atoms with Crippen LogP contribution in [-0.2, 0) is 6.18 Å². The van der Waals surface area contributed by atoms with E-state index in [1.165, 1.54) is 12.1 Å². The molecule has 184 valence electrons. The van der Waals surface area contributed by atoms with Gasteiger partial charge in [0.25, 0.3) is 5.91 Å². The van der Waals surface area contributed by atoms with Crippen molar-refractivity contribution in [3.05, 3.63) is 90.0 Å². The first-order chi connectivity index (χ1) is 17.2.